The van der Waals surface area contributed by atoms with Crippen molar-refractivity contribution in [3.8, 4) is 10.6 Å². The van der Waals surface area contributed by atoms with Gasteiger partial charge in [-0.25, -0.2) is 4.98 Å². The third kappa shape index (κ3) is 2.15. The molecule has 0 aliphatic heterocycles. The number of benzene rings is 1. The molecule has 0 aliphatic rings. The fourth-order valence-electron chi connectivity index (χ4n) is 1.65. The molecule has 2 N–H and O–H groups in total. The summed E-state index contributed by atoms with van der Waals surface area (Å²) in [6.07, 6.45) is 0. The van der Waals surface area contributed by atoms with Gasteiger partial charge in [0.1, 0.15) is 5.01 Å². The van der Waals surface area contributed by atoms with Gasteiger partial charge in [-0.15, -0.1) is 11.3 Å². The third-order valence-corrected chi connectivity index (χ3v) is 3.95. The number of rotatable bonds is 2. The maximum atomic E-state index is 5.90. The quantitative estimate of drug-likeness (QED) is 0.861. The number of aryl methyl sites for hydroxylation is 2. The fraction of sp³-hybridized carbons (Fsp3) is 0.308. The van der Waals surface area contributed by atoms with Crippen molar-refractivity contribution in [3.05, 3.63) is 40.4 Å². The molecule has 1 unspecified atom stereocenters. The highest BCUT2D eigenvalue weighted by atomic mass is 32.1. The Hall–Kier alpha value is -1.19. The van der Waals surface area contributed by atoms with E-state index in [1.54, 1.807) is 11.3 Å². The second-order valence-electron chi connectivity index (χ2n) is 4.12. The summed E-state index contributed by atoms with van der Waals surface area (Å²) in [5, 5.41) is 1.06. The molecule has 2 nitrogen and oxygen atoms in total. The van der Waals surface area contributed by atoms with Crippen molar-refractivity contribution in [3.63, 3.8) is 0 Å². The van der Waals surface area contributed by atoms with Gasteiger partial charge in [0.05, 0.1) is 5.69 Å². The monoisotopic (exact) mass is 232 g/mol. The first-order chi connectivity index (χ1) is 7.58. The van der Waals surface area contributed by atoms with Crippen molar-refractivity contribution < 1.29 is 0 Å². The zero-order valence-corrected chi connectivity index (χ0v) is 10.6. The normalized spacial score (nSPS) is 12.8. The van der Waals surface area contributed by atoms with Crippen LogP contribution in [0, 0.1) is 13.8 Å². The Morgan fingerprint density at radius 3 is 2.31 bits per heavy atom. The molecule has 0 fully saturated rings. The molecule has 84 valence electrons. The lowest BCUT2D eigenvalue weighted by Gasteiger charge is -2.00. The topological polar surface area (TPSA) is 38.9 Å². The van der Waals surface area contributed by atoms with Crippen molar-refractivity contribution in [2.75, 3.05) is 0 Å². The third-order valence-electron chi connectivity index (χ3n) is 2.54. The SMILES string of the molecule is Cc1ccc(-c2nc(C)c(C(C)N)s2)cc1. The van der Waals surface area contributed by atoms with Crippen LogP contribution in [0.3, 0.4) is 0 Å². The first-order valence-electron chi connectivity index (χ1n) is 5.38. The standard InChI is InChI=1S/C13H16N2S/c1-8-4-6-11(7-5-8)13-15-10(3)12(16-13)9(2)14/h4-7,9H,14H2,1-3H3. The van der Waals surface area contributed by atoms with Crippen LogP contribution in [0.2, 0.25) is 0 Å². The minimum absolute atomic E-state index is 0.0664. The van der Waals surface area contributed by atoms with Crippen LogP contribution in [0.4, 0.5) is 0 Å². The van der Waals surface area contributed by atoms with Crippen molar-refractivity contribution >= 4 is 11.3 Å². The van der Waals surface area contributed by atoms with E-state index in [-0.39, 0.29) is 6.04 Å². The summed E-state index contributed by atoms with van der Waals surface area (Å²) in [4.78, 5) is 5.75. The van der Waals surface area contributed by atoms with Crippen LogP contribution in [0.15, 0.2) is 24.3 Å². The molecule has 1 aromatic heterocycles. The van der Waals surface area contributed by atoms with Crippen LogP contribution in [-0.2, 0) is 0 Å². The van der Waals surface area contributed by atoms with Gasteiger partial charge in [0, 0.05) is 16.5 Å². The molecule has 0 spiro atoms. The molecule has 0 saturated heterocycles. The number of thiazole rings is 1. The highest BCUT2D eigenvalue weighted by molar-refractivity contribution is 7.15. The molecule has 3 heteroatoms. The van der Waals surface area contributed by atoms with Crippen LogP contribution in [0.25, 0.3) is 10.6 Å². The van der Waals surface area contributed by atoms with E-state index in [0.717, 1.165) is 10.7 Å². The lowest BCUT2D eigenvalue weighted by Crippen LogP contribution is -2.03. The Morgan fingerprint density at radius 2 is 1.81 bits per heavy atom. The summed E-state index contributed by atoms with van der Waals surface area (Å²) in [7, 11) is 0. The molecule has 0 saturated carbocycles. The van der Waals surface area contributed by atoms with Crippen LogP contribution in [0.1, 0.15) is 29.1 Å². The van der Waals surface area contributed by atoms with Gasteiger partial charge in [-0.2, -0.15) is 0 Å². The van der Waals surface area contributed by atoms with E-state index in [4.69, 9.17) is 5.73 Å². The average Bonchev–Trinajstić information content (AvgIpc) is 2.61. The second kappa shape index (κ2) is 4.36. The van der Waals surface area contributed by atoms with E-state index < -0.39 is 0 Å². The van der Waals surface area contributed by atoms with Crippen molar-refractivity contribution in [2.45, 2.75) is 26.8 Å². The predicted molar refractivity (Wildman–Crippen MR) is 69.6 cm³/mol. The second-order valence-corrected chi connectivity index (χ2v) is 5.15. The Balaban J connectivity index is 2.41. The molecule has 0 amide bonds. The zero-order chi connectivity index (χ0) is 11.7. The first kappa shape index (κ1) is 11.3. The summed E-state index contributed by atoms with van der Waals surface area (Å²) in [5.41, 5.74) is 9.39. The molecule has 0 radical (unpaired) electrons. The minimum Gasteiger partial charge on any atom is -0.323 e. The van der Waals surface area contributed by atoms with Crippen molar-refractivity contribution in [2.24, 2.45) is 5.73 Å². The fourth-order valence-corrected chi connectivity index (χ4v) is 2.67. The lowest BCUT2D eigenvalue weighted by atomic mass is 10.2. The molecular formula is C13H16N2S. The van der Waals surface area contributed by atoms with Crippen molar-refractivity contribution in [1.29, 1.82) is 0 Å². The Kier molecular flexibility index (Phi) is 3.08. The Bertz CT molecular complexity index is 483. The minimum atomic E-state index is 0.0664. The highest BCUT2D eigenvalue weighted by Gasteiger charge is 2.11. The number of nitrogens with two attached hydrogens (primary N) is 1. The lowest BCUT2D eigenvalue weighted by molar-refractivity contribution is 0.825. The maximum Gasteiger partial charge on any atom is 0.123 e. The Morgan fingerprint density at radius 1 is 1.19 bits per heavy atom. The van der Waals surface area contributed by atoms with Gasteiger partial charge in [-0.1, -0.05) is 29.8 Å². The number of aromatic nitrogens is 1. The van der Waals surface area contributed by atoms with E-state index >= 15 is 0 Å². The molecule has 1 atom stereocenters. The molecule has 16 heavy (non-hydrogen) atoms. The van der Waals surface area contributed by atoms with Crippen LogP contribution in [-0.4, -0.2) is 4.98 Å². The molecule has 2 rings (SSSR count). The van der Waals surface area contributed by atoms with Gasteiger partial charge in [0.25, 0.3) is 0 Å². The summed E-state index contributed by atoms with van der Waals surface area (Å²) >= 11 is 1.69. The number of hydrogen-bond donors (Lipinski definition) is 1. The van der Waals surface area contributed by atoms with E-state index in [1.165, 1.54) is 16.0 Å². The van der Waals surface area contributed by atoms with Crippen LogP contribution >= 0.6 is 11.3 Å². The van der Waals surface area contributed by atoms with E-state index in [9.17, 15) is 0 Å². The van der Waals surface area contributed by atoms with E-state index in [0.29, 0.717) is 0 Å². The molecule has 2 aromatic rings. The van der Waals surface area contributed by atoms with Gasteiger partial charge in [0.15, 0.2) is 0 Å². The van der Waals surface area contributed by atoms with Gasteiger partial charge in [-0.3, -0.25) is 0 Å². The van der Waals surface area contributed by atoms with Crippen LogP contribution < -0.4 is 5.73 Å². The molecule has 1 aromatic carbocycles. The van der Waals surface area contributed by atoms with E-state index in [1.807, 2.05) is 13.8 Å². The first-order valence-corrected chi connectivity index (χ1v) is 6.19. The van der Waals surface area contributed by atoms with E-state index in [2.05, 4.69) is 36.2 Å². The van der Waals surface area contributed by atoms with Gasteiger partial charge >= 0.3 is 0 Å². The molecular weight excluding hydrogens is 216 g/mol. The average molecular weight is 232 g/mol. The maximum absolute atomic E-state index is 5.90. The van der Waals surface area contributed by atoms with Crippen molar-refractivity contribution in [1.82, 2.24) is 4.98 Å². The van der Waals surface area contributed by atoms with Crippen LogP contribution in [0.5, 0.6) is 0 Å². The smallest absolute Gasteiger partial charge is 0.123 e. The predicted octanol–water partition coefficient (Wildman–Crippen LogP) is 3.45. The summed E-state index contributed by atoms with van der Waals surface area (Å²) in [6, 6.07) is 8.50. The summed E-state index contributed by atoms with van der Waals surface area (Å²) in [5.74, 6) is 0. The number of nitrogens with zero attached hydrogens (tertiary/aromatic N) is 1. The van der Waals surface area contributed by atoms with Gasteiger partial charge in [-0.05, 0) is 20.8 Å². The summed E-state index contributed by atoms with van der Waals surface area (Å²) < 4.78 is 0. The Labute approximate surface area is 100 Å². The molecule has 1 heterocycles. The molecule has 0 bridgehead atoms. The molecule has 0 aliphatic carbocycles. The van der Waals surface area contributed by atoms with Gasteiger partial charge < -0.3 is 5.73 Å². The summed E-state index contributed by atoms with van der Waals surface area (Å²) in [6.45, 7) is 6.11. The highest BCUT2D eigenvalue weighted by Crippen LogP contribution is 2.30. The zero-order valence-electron chi connectivity index (χ0n) is 9.82. The number of hydrogen-bond acceptors (Lipinski definition) is 3. The van der Waals surface area contributed by atoms with Gasteiger partial charge in [0.2, 0.25) is 0 Å². The largest absolute Gasteiger partial charge is 0.323 e.